The van der Waals surface area contributed by atoms with Crippen LogP contribution in [0.2, 0.25) is 0 Å². The van der Waals surface area contributed by atoms with Gasteiger partial charge in [-0.2, -0.15) is 5.26 Å². The molecule has 0 radical (unpaired) electrons. The number of aromatic nitrogens is 3. The molecule has 41 heavy (non-hydrogen) atoms. The van der Waals surface area contributed by atoms with E-state index in [2.05, 4.69) is 113 Å². The smallest absolute Gasteiger partial charge is 0.0991 e. The number of benzene rings is 5. The first-order chi connectivity index (χ1) is 20.3. The molecule has 0 bridgehead atoms. The molecule has 8 rings (SSSR count). The number of pyridine rings is 2. The van der Waals surface area contributed by atoms with E-state index in [1.807, 2.05) is 36.5 Å². The van der Waals surface area contributed by atoms with Gasteiger partial charge < -0.3 is 4.57 Å². The maximum Gasteiger partial charge on any atom is 0.0991 e. The third-order valence-electron chi connectivity index (χ3n) is 7.83. The van der Waals surface area contributed by atoms with Crippen molar-refractivity contribution in [1.29, 1.82) is 5.26 Å². The second-order valence-electron chi connectivity index (χ2n) is 10.2. The molecular formula is C37H22N4. The molecule has 8 aromatic rings. The lowest BCUT2D eigenvalue weighted by Gasteiger charge is -2.09. The van der Waals surface area contributed by atoms with Crippen LogP contribution in [0.5, 0.6) is 0 Å². The molecule has 0 amide bonds. The van der Waals surface area contributed by atoms with Crippen molar-refractivity contribution in [2.45, 2.75) is 0 Å². The molecule has 0 aliphatic carbocycles. The Morgan fingerprint density at radius 1 is 0.561 bits per heavy atom. The molecule has 0 N–H and O–H groups in total. The predicted molar refractivity (Wildman–Crippen MR) is 167 cm³/mol. The summed E-state index contributed by atoms with van der Waals surface area (Å²) in [5.74, 6) is 0. The number of hydrogen-bond donors (Lipinski definition) is 0. The third-order valence-corrected chi connectivity index (χ3v) is 7.83. The molecule has 0 fully saturated rings. The average molecular weight is 523 g/mol. The quantitative estimate of drug-likeness (QED) is 0.217. The Morgan fingerprint density at radius 3 is 2.07 bits per heavy atom. The van der Waals surface area contributed by atoms with Crippen LogP contribution < -0.4 is 0 Å². The highest BCUT2D eigenvalue weighted by molar-refractivity contribution is 6.12. The van der Waals surface area contributed by atoms with E-state index in [0.29, 0.717) is 5.56 Å². The van der Waals surface area contributed by atoms with Crippen LogP contribution in [-0.4, -0.2) is 14.5 Å². The molecule has 3 heterocycles. The van der Waals surface area contributed by atoms with Crippen LogP contribution in [0.25, 0.3) is 71.7 Å². The van der Waals surface area contributed by atoms with Crippen LogP contribution in [0.15, 0.2) is 134 Å². The van der Waals surface area contributed by atoms with E-state index in [0.717, 1.165) is 71.7 Å². The van der Waals surface area contributed by atoms with Gasteiger partial charge in [-0.3, -0.25) is 4.98 Å². The third kappa shape index (κ3) is 3.76. The SMILES string of the molecule is N#Cc1cccc(-c2ccc3c(c2)c2cc(-c4ccc5ccc6cccnc6c5n4)ccc2n3-c2ccccc2)c1. The van der Waals surface area contributed by atoms with Crippen molar-refractivity contribution in [2.75, 3.05) is 0 Å². The number of hydrogen-bond acceptors (Lipinski definition) is 3. The van der Waals surface area contributed by atoms with Crippen molar-refractivity contribution < 1.29 is 0 Å². The van der Waals surface area contributed by atoms with Gasteiger partial charge in [0.2, 0.25) is 0 Å². The molecular weight excluding hydrogens is 500 g/mol. The minimum Gasteiger partial charge on any atom is -0.309 e. The van der Waals surface area contributed by atoms with Crippen molar-refractivity contribution in [2.24, 2.45) is 0 Å². The molecule has 0 aliphatic heterocycles. The summed E-state index contributed by atoms with van der Waals surface area (Å²) in [6.07, 6.45) is 1.82. The van der Waals surface area contributed by atoms with Gasteiger partial charge in [-0.05, 0) is 71.8 Å². The lowest BCUT2D eigenvalue weighted by Crippen LogP contribution is -1.93. The van der Waals surface area contributed by atoms with Crippen molar-refractivity contribution in [3.8, 4) is 34.1 Å². The van der Waals surface area contributed by atoms with Gasteiger partial charge in [0.25, 0.3) is 0 Å². The Hall–Kier alpha value is -5.79. The lowest BCUT2D eigenvalue weighted by molar-refractivity contribution is 1.18. The van der Waals surface area contributed by atoms with Gasteiger partial charge in [0, 0.05) is 39.0 Å². The minimum atomic E-state index is 0.654. The zero-order valence-electron chi connectivity index (χ0n) is 22.0. The van der Waals surface area contributed by atoms with Gasteiger partial charge in [0.15, 0.2) is 0 Å². The van der Waals surface area contributed by atoms with Gasteiger partial charge in [-0.25, -0.2) is 4.98 Å². The van der Waals surface area contributed by atoms with E-state index < -0.39 is 0 Å². The van der Waals surface area contributed by atoms with E-state index in [1.54, 1.807) is 0 Å². The maximum atomic E-state index is 9.45. The van der Waals surface area contributed by atoms with Crippen LogP contribution in [0, 0.1) is 11.3 Å². The van der Waals surface area contributed by atoms with E-state index in [9.17, 15) is 5.26 Å². The average Bonchev–Trinajstić information content (AvgIpc) is 3.38. The molecule has 3 aromatic heterocycles. The Morgan fingerprint density at radius 2 is 1.27 bits per heavy atom. The van der Waals surface area contributed by atoms with E-state index >= 15 is 0 Å². The van der Waals surface area contributed by atoms with Crippen LogP contribution in [0.4, 0.5) is 0 Å². The second-order valence-corrected chi connectivity index (χ2v) is 10.2. The highest BCUT2D eigenvalue weighted by atomic mass is 15.0. The normalized spacial score (nSPS) is 11.4. The summed E-state index contributed by atoms with van der Waals surface area (Å²) in [4.78, 5) is 9.75. The zero-order chi connectivity index (χ0) is 27.3. The monoisotopic (exact) mass is 522 g/mol. The second kappa shape index (κ2) is 9.15. The predicted octanol–water partition coefficient (Wildman–Crippen LogP) is 9.09. The fraction of sp³-hybridized carbons (Fsp3) is 0. The Balaban J connectivity index is 1.38. The van der Waals surface area contributed by atoms with Crippen LogP contribution in [-0.2, 0) is 0 Å². The highest BCUT2D eigenvalue weighted by Gasteiger charge is 2.15. The minimum absolute atomic E-state index is 0.654. The fourth-order valence-corrected chi connectivity index (χ4v) is 5.87. The molecule has 4 nitrogen and oxygen atoms in total. The fourth-order valence-electron chi connectivity index (χ4n) is 5.87. The molecule has 0 spiro atoms. The van der Waals surface area contributed by atoms with Crippen molar-refractivity contribution >= 4 is 43.6 Å². The topological polar surface area (TPSA) is 54.5 Å². The van der Waals surface area contributed by atoms with Gasteiger partial charge in [0.1, 0.15) is 0 Å². The van der Waals surface area contributed by atoms with Crippen molar-refractivity contribution in [1.82, 2.24) is 14.5 Å². The Labute approximate surface area is 236 Å². The first kappa shape index (κ1) is 23.1. The number of nitriles is 1. The molecule has 0 unspecified atom stereocenters. The van der Waals surface area contributed by atoms with E-state index in [-0.39, 0.29) is 0 Å². The van der Waals surface area contributed by atoms with Crippen molar-refractivity contribution in [3.05, 3.63) is 139 Å². The molecule has 0 aliphatic rings. The highest BCUT2D eigenvalue weighted by Crippen LogP contribution is 2.37. The Bertz CT molecular complexity index is 2320. The molecule has 5 aromatic carbocycles. The molecule has 4 heteroatoms. The van der Waals surface area contributed by atoms with Gasteiger partial charge >= 0.3 is 0 Å². The lowest BCUT2D eigenvalue weighted by atomic mass is 10.00. The zero-order valence-corrected chi connectivity index (χ0v) is 22.0. The first-order valence-corrected chi connectivity index (χ1v) is 13.6. The Kier molecular flexibility index (Phi) is 5.16. The first-order valence-electron chi connectivity index (χ1n) is 13.6. The summed E-state index contributed by atoms with van der Waals surface area (Å²) in [5.41, 5.74) is 9.92. The summed E-state index contributed by atoms with van der Waals surface area (Å²) in [6, 6.07) is 46.1. The maximum absolute atomic E-state index is 9.45. The number of nitrogens with zero attached hydrogens (tertiary/aromatic N) is 4. The van der Waals surface area contributed by atoms with E-state index in [4.69, 9.17) is 4.98 Å². The molecule has 0 saturated heterocycles. The van der Waals surface area contributed by atoms with Crippen LogP contribution in [0.1, 0.15) is 5.56 Å². The standard InChI is InChI=1S/C37H22N4/c38-23-24-6-4-7-27(20-24)28-14-17-34-31(21-28)32-22-29(15-18-35(32)41(34)30-9-2-1-3-10-30)33-16-13-26-12-11-25-8-5-19-39-36(25)37(26)40-33/h1-22H. The summed E-state index contributed by atoms with van der Waals surface area (Å²) in [5, 5.41) is 13.9. The van der Waals surface area contributed by atoms with Gasteiger partial charge in [-0.1, -0.05) is 66.7 Å². The summed E-state index contributed by atoms with van der Waals surface area (Å²) in [7, 11) is 0. The number of fused-ring (bicyclic) bond motifs is 6. The van der Waals surface area contributed by atoms with E-state index in [1.165, 1.54) is 0 Å². The van der Waals surface area contributed by atoms with Crippen LogP contribution >= 0.6 is 0 Å². The summed E-state index contributed by atoms with van der Waals surface area (Å²) < 4.78 is 2.31. The summed E-state index contributed by atoms with van der Waals surface area (Å²) >= 11 is 0. The molecule has 0 saturated carbocycles. The van der Waals surface area contributed by atoms with Gasteiger partial charge in [0.05, 0.1) is 39.4 Å². The molecule has 190 valence electrons. The largest absolute Gasteiger partial charge is 0.309 e. The van der Waals surface area contributed by atoms with Crippen molar-refractivity contribution in [3.63, 3.8) is 0 Å². The molecule has 0 atom stereocenters. The number of para-hydroxylation sites is 1. The van der Waals surface area contributed by atoms with Gasteiger partial charge in [-0.15, -0.1) is 0 Å². The summed E-state index contributed by atoms with van der Waals surface area (Å²) in [6.45, 7) is 0. The number of rotatable bonds is 3. The van der Waals surface area contributed by atoms with Crippen LogP contribution in [0.3, 0.4) is 0 Å².